The van der Waals surface area contributed by atoms with Gasteiger partial charge in [0.1, 0.15) is 17.6 Å². The Hall–Kier alpha value is -1.30. The van der Waals surface area contributed by atoms with Crippen LogP contribution < -0.4 is 16.0 Å². The van der Waals surface area contributed by atoms with Crippen LogP contribution in [0, 0.1) is 0 Å². The van der Waals surface area contributed by atoms with Gasteiger partial charge in [-0.3, -0.25) is 5.84 Å². The molecule has 1 aromatic carbocycles. The molecule has 2 rings (SSSR count). The summed E-state index contributed by atoms with van der Waals surface area (Å²) in [5.74, 6) is 7.10. The highest BCUT2D eigenvalue weighted by Gasteiger charge is 2.18. The number of hydrazine groups is 1. The van der Waals surface area contributed by atoms with Crippen molar-refractivity contribution in [2.45, 2.75) is 6.04 Å². The number of benzene rings is 1. The monoisotopic (exact) mass is 296 g/mol. The van der Waals surface area contributed by atoms with Crippen LogP contribution in [0.3, 0.4) is 0 Å². The highest BCUT2D eigenvalue weighted by atomic mass is 79.9. The first-order valence-corrected chi connectivity index (χ1v) is 5.88. The second-order valence-corrected chi connectivity index (χ2v) is 4.36. The van der Waals surface area contributed by atoms with Crippen molar-refractivity contribution in [3.05, 3.63) is 52.4 Å². The van der Waals surface area contributed by atoms with Crippen molar-refractivity contribution < 1.29 is 9.15 Å². The average Bonchev–Trinajstić information content (AvgIpc) is 2.77. The van der Waals surface area contributed by atoms with E-state index in [1.165, 1.54) is 0 Å². The summed E-state index contributed by atoms with van der Waals surface area (Å²) < 4.78 is 11.5. The summed E-state index contributed by atoms with van der Waals surface area (Å²) in [6, 6.07) is 9.29. The van der Waals surface area contributed by atoms with Crippen molar-refractivity contribution in [3.8, 4) is 5.75 Å². The molecule has 1 aromatic heterocycles. The summed E-state index contributed by atoms with van der Waals surface area (Å²) in [7, 11) is 1.63. The first-order valence-electron chi connectivity index (χ1n) is 5.09. The maximum atomic E-state index is 5.58. The summed E-state index contributed by atoms with van der Waals surface area (Å²) in [4.78, 5) is 0. The largest absolute Gasteiger partial charge is 0.497 e. The molecule has 3 N–H and O–H groups in total. The second kappa shape index (κ2) is 5.35. The molecule has 0 aliphatic carbocycles. The SMILES string of the molecule is COc1cccc(C(NN)c2occc2Br)c1. The summed E-state index contributed by atoms with van der Waals surface area (Å²) in [6.07, 6.45) is 1.62. The predicted molar refractivity (Wildman–Crippen MR) is 68.6 cm³/mol. The van der Waals surface area contributed by atoms with E-state index in [4.69, 9.17) is 15.0 Å². The van der Waals surface area contributed by atoms with Gasteiger partial charge in [0.05, 0.1) is 17.8 Å². The lowest BCUT2D eigenvalue weighted by Crippen LogP contribution is -2.28. The van der Waals surface area contributed by atoms with Gasteiger partial charge < -0.3 is 9.15 Å². The number of ether oxygens (including phenoxy) is 1. The lowest BCUT2D eigenvalue weighted by Gasteiger charge is -2.15. The molecule has 5 heteroatoms. The molecule has 0 saturated carbocycles. The average molecular weight is 297 g/mol. The lowest BCUT2D eigenvalue weighted by atomic mass is 10.1. The fourth-order valence-electron chi connectivity index (χ4n) is 1.66. The van der Waals surface area contributed by atoms with Gasteiger partial charge in [0, 0.05) is 0 Å². The smallest absolute Gasteiger partial charge is 0.140 e. The Morgan fingerprint density at radius 2 is 2.24 bits per heavy atom. The maximum absolute atomic E-state index is 5.58. The van der Waals surface area contributed by atoms with Crippen LogP contribution in [0.5, 0.6) is 5.75 Å². The highest BCUT2D eigenvalue weighted by molar-refractivity contribution is 9.10. The zero-order chi connectivity index (χ0) is 12.3. The fourth-order valence-corrected chi connectivity index (χ4v) is 2.09. The Labute approximate surface area is 108 Å². The van der Waals surface area contributed by atoms with Crippen molar-refractivity contribution in [2.24, 2.45) is 5.84 Å². The minimum atomic E-state index is -0.213. The van der Waals surface area contributed by atoms with E-state index in [1.807, 2.05) is 30.3 Å². The summed E-state index contributed by atoms with van der Waals surface area (Å²) in [6.45, 7) is 0. The maximum Gasteiger partial charge on any atom is 0.140 e. The molecular formula is C12H13BrN2O2. The summed E-state index contributed by atoms with van der Waals surface area (Å²) >= 11 is 3.42. The fraction of sp³-hybridized carbons (Fsp3) is 0.167. The third-order valence-electron chi connectivity index (χ3n) is 2.50. The van der Waals surface area contributed by atoms with E-state index in [2.05, 4.69) is 21.4 Å². The number of hydrogen-bond acceptors (Lipinski definition) is 4. The lowest BCUT2D eigenvalue weighted by molar-refractivity contribution is 0.411. The number of rotatable bonds is 4. The molecule has 1 atom stereocenters. The molecule has 0 amide bonds. The zero-order valence-corrected chi connectivity index (χ0v) is 10.9. The van der Waals surface area contributed by atoms with Gasteiger partial charge >= 0.3 is 0 Å². The van der Waals surface area contributed by atoms with Crippen LogP contribution >= 0.6 is 15.9 Å². The molecule has 0 aliphatic rings. The van der Waals surface area contributed by atoms with E-state index in [0.717, 1.165) is 21.5 Å². The zero-order valence-electron chi connectivity index (χ0n) is 9.31. The van der Waals surface area contributed by atoms with Gasteiger partial charge in [-0.2, -0.15) is 0 Å². The van der Waals surface area contributed by atoms with Gasteiger partial charge in [-0.25, -0.2) is 5.43 Å². The Balaban J connectivity index is 2.38. The van der Waals surface area contributed by atoms with Gasteiger partial charge in [0.25, 0.3) is 0 Å². The third kappa shape index (κ3) is 2.52. The molecular weight excluding hydrogens is 284 g/mol. The molecule has 0 radical (unpaired) electrons. The van der Waals surface area contributed by atoms with Gasteiger partial charge in [-0.05, 0) is 39.7 Å². The van der Waals surface area contributed by atoms with Gasteiger partial charge in [0.2, 0.25) is 0 Å². The molecule has 0 spiro atoms. The molecule has 1 unspecified atom stereocenters. The molecule has 1 heterocycles. The topological polar surface area (TPSA) is 60.4 Å². The molecule has 17 heavy (non-hydrogen) atoms. The van der Waals surface area contributed by atoms with Gasteiger partial charge in [0.15, 0.2) is 0 Å². The normalized spacial score (nSPS) is 12.4. The van der Waals surface area contributed by atoms with Crippen LogP contribution in [0.2, 0.25) is 0 Å². The molecule has 0 bridgehead atoms. The van der Waals surface area contributed by atoms with E-state index in [0.29, 0.717) is 0 Å². The van der Waals surface area contributed by atoms with Crippen molar-refractivity contribution in [1.29, 1.82) is 0 Å². The Morgan fingerprint density at radius 3 is 2.82 bits per heavy atom. The van der Waals surface area contributed by atoms with E-state index >= 15 is 0 Å². The predicted octanol–water partition coefficient (Wildman–Crippen LogP) is 2.60. The number of nitrogens with two attached hydrogens (primary N) is 1. The van der Waals surface area contributed by atoms with Crippen LogP contribution in [0.25, 0.3) is 0 Å². The van der Waals surface area contributed by atoms with Crippen LogP contribution in [-0.2, 0) is 0 Å². The van der Waals surface area contributed by atoms with E-state index < -0.39 is 0 Å². The Bertz CT molecular complexity index is 499. The first kappa shape index (κ1) is 12.2. The second-order valence-electron chi connectivity index (χ2n) is 3.51. The molecule has 0 saturated heterocycles. The van der Waals surface area contributed by atoms with Crippen molar-refractivity contribution >= 4 is 15.9 Å². The number of methoxy groups -OCH3 is 1. The summed E-state index contributed by atoms with van der Waals surface area (Å²) in [5.41, 5.74) is 3.71. The van der Waals surface area contributed by atoms with Crippen LogP contribution in [0.15, 0.2) is 45.5 Å². The molecule has 90 valence electrons. The quantitative estimate of drug-likeness (QED) is 0.672. The van der Waals surface area contributed by atoms with Crippen LogP contribution in [-0.4, -0.2) is 7.11 Å². The number of halogens is 1. The molecule has 2 aromatic rings. The number of furan rings is 1. The van der Waals surface area contributed by atoms with Crippen LogP contribution in [0.4, 0.5) is 0 Å². The van der Waals surface area contributed by atoms with Crippen molar-refractivity contribution in [3.63, 3.8) is 0 Å². The van der Waals surface area contributed by atoms with E-state index in [-0.39, 0.29) is 6.04 Å². The first-order chi connectivity index (χ1) is 8.26. The van der Waals surface area contributed by atoms with Gasteiger partial charge in [-0.1, -0.05) is 12.1 Å². The van der Waals surface area contributed by atoms with Gasteiger partial charge in [-0.15, -0.1) is 0 Å². The third-order valence-corrected chi connectivity index (χ3v) is 3.16. The van der Waals surface area contributed by atoms with E-state index in [9.17, 15) is 0 Å². The minimum absolute atomic E-state index is 0.213. The highest BCUT2D eigenvalue weighted by Crippen LogP contribution is 2.30. The van der Waals surface area contributed by atoms with E-state index in [1.54, 1.807) is 13.4 Å². The Kier molecular flexibility index (Phi) is 3.83. The summed E-state index contributed by atoms with van der Waals surface area (Å²) in [5, 5.41) is 0. The minimum Gasteiger partial charge on any atom is -0.497 e. The number of hydrogen-bond donors (Lipinski definition) is 2. The Morgan fingerprint density at radius 1 is 1.41 bits per heavy atom. The molecule has 4 nitrogen and oxygen atoms in total. The van der Waals surface area contributed by atoms with Crippen LogP contribution in [0.1, 0.15) is 17.4 Å². The standard InChI is InChI=1S/C12H13BrN2O2/c1-16-9-4-2-3-8(7-9)11(15-14)12-10(13)5-6-17-12/h2-7,11,15H,14H2,1H3. The molecule has 0 aliphatic heterocycles. The van der Waals surface area contributed by atoms with Crippen molar-refractivity contribution in [1.82, 2.24) is 5.43 Å². The molecule has 0 fully saturated rings. The number of nitrogens with one attached hydrogen (secondary N) is 1. The van der Waals surface area contributed by atoms with Crippen molar-refractivity contribution in [2.75, 3.05) is 7.11 Å².